The van der Waals surface area contributed by atoms with Gasteiger partial charge in [0.25, 0.3) is 0 Å². The summed E-state index contributed by atoms with van der Waals surface area (Å²) >= 11 is 9.42. The maximum Gasteiger partial charge on any atom is 0.0515 e. The van der Waals surface area contributed by atoms with Crippen LogP contribution in [0.25, 0.3) is 0 Å². The molecule has 0 fully saturated rings. The van der Waals surface area contributed by atoms with Crippen LogP contribution >= 0.6 is 27.5 Å². The van der Waals surface area contributed by atoms with Crippen molar-refractivity contribution in [2.24, 2.45) is 0 Å². The highest BCUT2D eigenvalue weighted by Crippen LogP contribution is 2.23. The SMILES string of the molecule is CCCCC(C)(Cl)CBr. The second-order valence-corrected chi connectivity index (χ2v) is 4.12. The fourth-order valence-electron chi connectivity index (χ4n) is 0.612. The van der Waals surface area contributed by atoms with E-state index >= 15 is 0 Å². The zero-order valence-corrected chi connectivity index (χ0v) is 8.43. The summed E-state index contributed by atoms with van der Waals surface area (Å²) in [7, 11) is 0. The molecule has 0 heterocycles. The van der Waals surface area contributed by atoms with Gasteiger partial charge in [-0.1, -0.05) is 35.7 Å². The normalized spacial score (nSPS) is 17.3. The van der Waals surface area contributed by atoms with Crippen molar-refractivity contribution in [3.8, 4) is 0 Å². The lowest BCUT2D eigenvalue weighted by molar-refractivity contribution is 0.594. The van der Waals surface area contributed by atoms with Crippen LogP contribution in [0.1, 0.15) is 33.1 Å². The van der Waals surface area contributed by atoms with Gasteiger partial charge < -0.3 is 0 Å². The summed E-state index contributed by atoms with van der Waals surface area (Å²) in [6.07, 6.45) is 3.57. The highest BCUT2D eigenvalue weighted by molar-refractivity contribution is 9.09. The van der Waals surface area contributed by atoms with E-state index < -0.39 is 0 Å². The van der Waals surface area contributed by atoms with Gasteiger partial charge in [-0.3, -0.25) is 0 Å². The van der Waals surface area contributed by atoms with Crippen molar-refractivity contribution in [3.63, 3.8) is 0 Å². The van der Waals surface area contributed by atoms with Gasteiger partial charge in [0.15, 0.2) is 0 Å². The van der Waals surface area contributed by atoms with E-state index in [-0.39, 0.29) is 4.87 Å². The van der Waals surface area contributed by atoms with Crippen molar-refractivity contribution in [3.05, 3.63) is 0 Å². The lowest BCUT2D eigenvalue weighted by Gasteiger charge is -2.17. The fraction of sp³-hybridized carbons (Fsp3) is 1.00. The van der Waals surface area contributed by atoms with E-state index in [1.54, 1.807) is 0 Å². The molecule has 0 nitrogen and oxygen atoms in total. The number of halogens is 2. The number of hydrogen-bond acceptors (Lipinski definition) is 0. The minimum Gasteiger partial charge on any atom is -0.119 e. The van der Waals surface area contributed by atoms with Crippen molar-refractivity contribution in [2.75, 3.05) is 5.33 Å². The van der Waals surface area contributed by atoms with Gasteiger partial charge in [0.1, 0.15) is 0 Å². The third-order valence-electron chi connectivity index (χ3n) is 1.33. The molecule has 1 atom stereocenters. The second kappa shape index (κ2) is 4.56. The summed E-state index contributed by atoms with van der Waals surface area (Å²) in [5.41, 5.74) is 0. The van der Waals surface area contributed by atoms with E-state index in [2.05, 4.69) is 29.8 Å². The van der Waals surface area contributed by atoms with Gasteiger partial charge in [-0.15, -0.1) is 11.6 Å². The van der Waals surface area contributed by atoms with Gasteiger partial charge in [-0.05, 0) is 13.3 Å². The van der Waals surface area contributed by atoms with E-state index in [0.29, 0.717) is 0 Å². The van der Waals surface area contributed by atoms with Crippen LogP contribution < -0.4 is 0 Å². The predicted molar refractivity (Wildman–Crippen MR) is 47.6 cm³/mol. The Morgan fingerprint density at radius 3 is 2.44 bits per heavy atom. The first kappa shape index (κ1) is 9.77. The summed E-state index contributed by atoms with van der Waals surface area (Å²) in [4.78, 5) is -0.0178. The lowest BCUT2D eigenvalue weighted by atomic mass is 10.1. The maximum absolute atomic E-state index is 6.05. The molecule has 0 saturated carbocycles. The van der Waals surface area contributed by atoms with Crippen LogP contribution in [0.3, 0.4) is 0 Å². The molecule has 0 saturated heterocycles. The van der Waals surface area contributed by atoms with Crippen molar-refractivity contribution >= 4 is 27.5 Å². The van der Waals surface area contributed by atoms with Gasteiger partial charge >= 0.3 is 0 Å². The molecule has 0 rings (SSSR count). The van der Waals surface area contributed by atoms with Crippen LogP contribution in [-0.4, -0.2) is 10.2 Å². The Balaban J connectivity index is 3.33. The molecule has 2 heteroatoms. The van der Waals surface area contributed by atoms with Crippen LogP contribution in [-0.2, 0) is 0 Å². The van der Waals surface area contributed by atoms with Crippen molar-refractivity contribution in [2.45, 2.75) is 38.0 Å². The van der Waals surface area contributed by atoms with E-state index in [0.717, 1.165) is 11.8 Å². The second-order valence-electron chi connectivity index (χ2n) is 2.65. The Morgan fingerprint density at radius 2 is 2.11 bits per heavy atom. The van der Waals surface area contributed by atoms with E-state index in [4.69, 9.17) is 11.6 Å². The molecular weight excluding hydrogens is 199 g/mol. The smallest absolute Gasteiger partial charge is 0.0515 e. The molecule has 0 aromatic rings. The summed E-state index contributed by atoms with van der Waals surface area (Å²) in [5.74, 6) is 0. The average Bonchev–Trinajstić information content (AvgIpc) is 1.84. The number of hydrogen-bond donors (Lipinski definition) is 0. The molecule has 1 unspecified atom stereocenters. The molecule has 9 heavy (non-hydrogen) atoms. The van der Waals surface area contributed by atoms with E-state index in [1.807, 2.05) is 0 Å². The molecule has 56 valence electrons. The van der Waals surface area contributed by atoms with Crippen LogP contribution in [0, 0.1) is 0 Å². The minimum atomic E-state index is -0.0178. The molecule has 0 aromatic carbocycles. The molecular formula is C7H14BrCl. The van der Waals surface area contributed by atoms with E-state index in [9.17, 15) is 0 Å². The first-order chi connectivity index (χ1) is 4.12. The molecule has 0 aromatic heterocycles. The van der Waals surface area contributed by atoms with Gasteiger partial charge in [0, 0.05) is 5.33 Å². The summed E-state index contributed by atoms with van der Waals surface area (Å²) in [6.45, 7) is 4.25. The maximum atomic E-state index is 6.05. The monoisotopic (exact) mass is 212 g/mol. The van der Waals surface area contributed by atoms with Crippen LogP contribution in [0.4, 0.5) is 0 Å². The van der Waals surface area contributed by atoms with Gasteiger partial charge in [-0.25, -0.2) is 0 Å². The van der Waals surface area contributed by atoms with Crippen molar-refractivity contribution in [1.82, 2.24) is 0 Å². The zero-order chi connectivity index (χ0) is 7.33. The Hall–Kier alpha value is 0.770. The third-order valence-corrected chi connectivity index (χ3v) is 3.21. The molecule has 0 aliphatic rings. The minimum absolute atomic E-state index is 0.0178. The average molecular weight is 214 g/mol. The third kappa shape index (κ3) is 5.23. The van der Waals surface area contributed by atoms with Gasteiger partial charge in [0.2, 0.25) is 0 Å². The predicted octanol–water partition coefficient (Wildman–Crippen LogP) is 3.57. The zero-order valence-electron chi connectivity index (χ0n) is 6.08. The Kier molecular flexibility index (Phi) is 4.96. The number of alkyl halides is 2. The highest BCUT2D eigenvalue weighted by Gasteiger charge is 2.17. The molecule has 0 radical (unpaired) electrons. The van der Waals surface area contributed by atoms with Crippen LogP contribution in [0.15, 0.2) is 0 Å². The summed E-state index contributed by atoms with van der Waals surface area (Å²) in [6, 6.07) is 0. The number of rotatable bonds is 4. The quantitative estimate of drug-likeness (QED) is 0.627. The Bertz CT molecular complexity index is 71.3. The van der Waals surface area contributed by atoms with Gasteiger partial charge in [-0.2, -0.15) is 0 Å². The Labute approximate surface area is 71.1 Å². The fourth-order valence-corrected chi connectivity index (χ4v) is 1.03. The van der Waals surface area contributed by atoms with Crippen LogP contribution in [0.5, 0.6) is 0 Å². The summed E-state index contributed by atoms with van der Waals surface area (Å²) in [5, 5.41) is 0.890. The molecule has 0 aliphatic heterocycles. The summed E-state index contributed by atoms with van der Waals surface area (Å²) < 4.78 is 0. The van der Waals surface area contributed by atoms with Crippen molar-refractivity contribution < 1.29 is 0 Å². The number of unbranched alkanes of at least 4 members (excludes halogenated alkanes) is 1. The van der Waals surface area contributed by atoms with Crippen LogP contribution in [0.2, 0.25) is 0 Å². The highest BCUT2D eigenvalue weighted by atomic mass is 79.9. The molecule has 0 amide bonds. The first-order valence-corrected chi connectivity index (χ1v) is 4.87. The molecule has 0 bridgehead atoms. The van der Waals surface area contributed by atoms with Gasteiger partial charge in [0.05, 0.1) is 4.87 Å². The standard InChI is InChI=1S/C7H14BrCl/c1-3-4-5-7(2,9)6-8/h3-6H2,1-2H3. The lowest BCUT2D eigenvalue weighted by Crippen LogP contribution is -2.17. The Morgan fingerprint density at radius 1 is 1.56 bits per heavy atom. The van der Waals surface area contributed by atoms with Crippen molar-refractivity contribution in [1.29, 1.82) is 0 Å². The largest absolute Gasteiger partial charge is 0.119 e. The van der Waals surface area contributed by atoms with E-state index in [1.165, 1.54) is 12.8 Å². The molecule has 0 N–H and O–H groups in total. The molecule has 0 aliphatic carbocycles. The first-order valence-electron chi connectivity index (χ1n) is 3.37. The molecule has 0 spiro atoms. The topological polar surface area (TPSA) is 0 Å².